The van der Waals surface area contributed by atoms with Gasteiger partial charge in [0.15, 0.2) is 0 Å². The van der Waals surface area contributed by atoms with Crippen LogP contribution in [0.5, 0.6) is 0 Å². The first-order valence-electron chi connectivity index (χ1n) is 12.0. The molecule has 3 amide bonds. The average molecular weight is 492 g/mol. The van der Waals surface area contributed by atoms with Gasteiger partial charge in [-0.05, 0) is 63.6 Å². The molecule has 7 heteroatoms. The number of carbonyl (C=O) groups is 3. The molecule has 0 heterocycles. The van der Waals surface area contributed by atoms with E-state index in [1.807, 2.05) is 52.0 Å². The lowest BCUT2D eigenvalue weighted by Crippen LogP contribution is -2.51. The molecule has 36 heavy (non-hydrogen) atoms. The smallest absolute Gasteiger partial charge is 0.408 e. The van der Waals surface area contributed by atoms with E-state index in [1.165, 1.54) is 0 Å². The number of alkyl carbamates (subject to hydrolysis) is 1. The van der Waals surface area contributed by atoms with E-state index in [-0.39, 0.29) is 5.92 Å². The summed E-state index contributed by atoms with van der Waals surface area (Å²) in [5.41, 5.74) is 2.25. The number of hydrogen-bond donors (Lipinski definition) is 2. The van der Waals surface area contributed by atoms with Gasteiger partial charge in [0.05, 0.1) is 0 Å². The minimum absolute atomic E-state index is 0.0622. The zero-order chi connectivity index (χ0) is 27.0. The summed E-state index contributed by atoms with van der Waals surface area (Å²) in [4.78, 5) is 41.0. The molecule has 0 aromatic heterocycles. The van der Waals surface area contributed by atoms with Crippen molar-refractivity contribution in [2.24, 2.45) is 5.92 Å². The number of aryl methyl sites for hydroxylation is 2. The second-order valence-electron chi connectivity index (χ2n) is 10.2. The Morgan fingerprint density at radius 2 is 1.58 bits per heavy atom. The fourth-order valence-electron chi connectivity index (χ4n) is 3.83. The Morgan fingerprint density at radius 3 is 2.08 bits per heavy atom. The summed E-state index contributed by atoms with van der Waals surface area (Å²) in [6.45, 7) is 12.9. The molecule has 192 valence electrons. The molecule has 0 aliphatic rings. The van der Waals surface area contributed by atoms with Crippen LogP contribution >= 0.6 is 0 Å². The zero-order valence-electron chi connectivity index (χ0n) is 22.2. The van der Waals surface area contributed by atoms with Crippen molar-refractivity contribution < 1.29 is 19.1 Å². The topological polar surface area (TPSA) is 87.7 Å². The number of amides is 3. The Bertz CT molecular complexity index is 1090. The molecule has 0 aliphatic heterocycles. The Balaban J connectivity index is 2.46. The lowest BCUT2D eigenvalue weighted by molar-refractivity contribution is -0.137. The molecule has 7 nitrogen and oxygen atoms in total. The van der Waals surface area contributed by atoms with E-state index in [0.717, 1.165) is 16.0 Å². The first-order valence-corrected chi connectivity index (χ1v) is 12.0. The number of anilines is 1. The van der Waals surface area contributed by atoms with Crippen LogP contribution in [0.25, 0.3) is 0 Å². The van der Waals surface area contributed by atoms with Crippen LogP contribution in [0, 0.1) is 32.2 Å². The molecule has 2 rings (SSSR count). The third-order valence-electron chi connectivity index (χ3n) is 5.42. The van der Waals surface area contributed by atoms with Crippen molar-refractivity contribution in [1.82, 2.24) is 10.2 Å². The molecule has 0 fully saturated rings. The maximum Gasteiger partial charge on any atom is 0.408 e. The van der Waals surface area contributed by atoms with Gasteiger partial charge in [0.2, 0.25) is 0 Å². The van der Waals surface area contributed by atoms with Gasteiger partial charge in [-0.1, -0.05) is 68.8 Å². The SMILES string of the molecule is C#CN(C(=O)C(CC(C)C)NC(=O)OC(C)(C)C)C(C(=O)Nc1c(C)cccc1C)c1ccccc1. The van der Waals surface area contributed by atoms with Gasteiger partial charge >= 0.3 is 6.09 Å². The van der Waals surface area contributed by atoms with Crippen LogP contribution in [0.3, 0.4) is 0 Å². The van der Waals surface area contributed by atoms with Gasteiger partial charge in [0, 0.05) is 11.7 Å². The highest BCUT2D eigenvalue weighted by Gasteiger charge is 2.36. The lowest BCUT2D eigenvalue weighted by atomic mass is 9.99. The molecule has 2 atom stereocenters. The van der Waals surface area contributed by atoms with Gasteiger partial charge < -0.3 is 15.4 Å². The van der Waals surface area contributed by atoms with E-state index < -0.39 is 35.6 Å². The number of benzene rings is 2. The van der Waals surface area contributed by atoms with Crippen molar-refractivity contribution in [3.05, 3.63) is 65.2 Å². The highest BCUT2D eigenvalue weighted by atomic mass is 16.6. The molecule has 2 N–H and O–H groups in total. The first-order chi connectivity index (χ1) is 16.8. The van der Waals surface area contributed by atoms with Crippen molar-refractivity contribution in [2.45, 2.75) is 72.6 Å². The third kappa shape index (κ3) is 7.88. The molecule has 0 bridgehead atoms. The molecular formula is C29H37N3O4. The number of nitrogens with zero attached hydrogens (tertiary/aromatic N) is 1. The number of terminal acetylenes is 1. The number of rotatable bonds is 8. The molecule has 2 unspecified atom stereocenters. The van der Waals surface area contributed by atoms with Crippen molar-refractivity contribution in [1.29, 1.82) is 0 Å². The molecular weight excluding hydrogens is 454 g/mol. The molecule has 2 aromatic carbocycles. The molecule has 2 aromatic rings. The minimum atomic E-state index is -1.11. The highest BCUT2D eigenvalue weighted by Crippen LogP contribution is 2.27. The van der Waals surface area contributed by atoms with E-state index in [2.05, 4.69) is 16.7 Å². The number of hydrogen-bond acceptors (Lipinski definition) is 4. The maximum atomic E-state index is 13.7. The van der Waals surface area contributed by atoms with Crippen molar-refractivity contribution >= 4 is 23.6 Å². The fourth-order valence-corrected chi connectivity index (χ4v) is 3.83. The Kier molecular flexibility index (Phi) is 9.68. The van der Waals surface area contributed by atoms with E-state index in [9.17, 15) is 14.4 Å². The standard InChI is InChI=1S/C29H37N3O4/c1-9-32(27(34)23(18-19(2)3)30-28(35)36-29(6,7)8)25(22-16-11-10-12-17-22)26(33)31-24-20(4)14-13-15-21(24)5/h1,10-17,19,23,25H,18H2,2-8H3,(H,30,35)(H,31,33). The summed E-state index contributed by atoms with van der Waals surface area (Å²) in [6.07, 6.45) is 5.42. The van der Waals surface area contributed by atoms with Crippen LogP contribution in [0.4, 0.5) is 10.5 Å². The van der Waals surface area contributed by atoms with Crippen LogP contribution in [0.15, 0.2) is 48.5 Å². The van der Waals surface area contributed by atoms with E-state index >= 15 is 0 Å². The first kappa shape index (κ1) is 28.4. The van der Waals surface area contributed by atoms with E-state index in [1.54, 1.807) is 45.0 Å². The van der Waals surface area contributed by atoms with Gasteiger partial charge in [-0.3, -0.25) is 14.5 Å². The Labute approximate surface area is 214 Å². The predicted molar refractivity (Wildman–Crippen MR) is 142 cm³/mol. The second kappa shape index (κ2) is 12.3. The number of carbonyl (C=O) groups excluding carboxylic acids is 3. The number of ether oxygens (including phenoxy) is 1. The zero-order valence-corrected chi connectivity index (χ0v) is 22.2. The van der Waals surface area contributed by atoms with Gasteiger partial charge in [-0.15, -0.1) is 0 Å². The minimum Gasteiger partial charge on any atom is -0.444 e. The van der Waals surface area contributed by atoms with Crippen LogP contribution in [0.1, 0.15) is 63.8 Å². The number of para-hydroxylation sites is 1. The molecule has 0 saturated heterocycles. The second-order valence-corrected chi connectivity index (χ2v) is 10.2. The number of nitrogens with one attached hydrogen (secondary N) is 2. The summed E-state index contributed by atoms with van der Waals surface area (Å²) in [5.74, 6) is -0.958. The van der Waals surface area contributed by atoms with Crippen LogP contribution in [-0.2, 0) is 14.3 Å². The molecule has 0 radical (unpaired) electrons. The monoisotopic (exact) mass is 491 g/mol. The van der Waals surface area contributed by atoms with Gasteiger partial charge in [-0.2, -0.15) is 0 Å². The van der Waals surface area contributed by atoms with Crippen molar-refractivity contribution in [3.63, 3.8) is 0 Å². The van der Waals surface area contributed by atoms with Gasteiger partial charge in [0.25, 0.3) is 11.8 Å². The Hall–Kier alpha value is -3.79. The molecule has 0 aliphatic carbocycles. The largest absolute Gasteiger partial charge is 0.444 e. The van der Waals surface area contributed by atoms with Crippen molar-refractivity contribution in [3.8, 4) is 12.5 Å². The summed E-state index contributed by atoms with van der Waals surface area (Å²) >= 11 is 0. The van der Waals surface area contributed by atoms with Crippen LogP contribution in [-0.4, -0.2) is 34.5 Å². The summed E-state index contributed by atoms with van der Waals surface area (Å²) in [6, 6.07) is 14.9. The quantitative estimate of drug-likeness (QED) is 0.385. The van der Waals surface area contributed by atoms with Crippen LogP contribution in [0.2, 0.25) is 0 Å². The van der Waals surface area contributed by atoms with Crippen LogP contribution < -0.4 is 10.6 Å². The highest BCUT2D eigenvalue weighted by molar-refractivity contribution is 6.00. The molecule has 0 saturated carbocycles. The Morgan fingerprint density at radius 1 is 1.00 bits per heavy atom. The summed E-state index contributed by atoms with van der Waals surface area (Å²) < 4.78 is 5.36. The summed E-state index contributed by atoms with van der Waals surface area (Å²) in [5, 5.41) is 5.61. The predicted octanol–water partition coefficient (Wildman–Crippen LogP) is 5.34. The van der Waals surface area contributed by atoms with Gasteiger partial charge in [0.1, 0.15) is 17.7 Å². The lowest BCUT2D eigenvalue weighted by Gasteiger charge is -2.31. The van der Waals surface area contributed by atoms with E-state index in [0.29, 0.717) is 17.7 Å². The van der Waals surface area contributed by atoms with E-state index in [4.69, 9.17) is 11.2 Å². The summed E-state index contributed by atoms with van der Waals surface area (Å²) in [7, 11) is 0. The van der Waals surface area contributed by atoms with Gasteiger partial charge in [-0.25, -0.2) is 4.79 Å². The third-order valence-corrected chi connectivity index (χ3v) is 5.42. The molecule has 0 spiro atoms. The average Bonchev–Trinajstić information content (AvgIpc) is 2.78. The van der Waals surface area contributed by atoms with Crippen molar-refractivity contribution in [2.75, 3.05) is 5.32 Å². The maximum absolute atomic E-state index is 13.7. The fraction of sp³-hybridized carbons (Fsp3) is 0.414. The normalized spacial score (nSPS) is 12.8.